The number of hydrogen-bond donors (Lipinski definition) is 2. The van der Waals surface area contributed by atoms with Crippen LogP contribution in [0.1, 0.15) is 37.8 Å². The van der Waals surface area contributed by atoms with Crippen molar-refractivity contribution in [2.24, 2.45) is 0 Å². The molecule has 1 aliphatic rings. The van der Waals surface area contributed by atoms with Crippen molar-refractivity contribution in [3.05, 3.63) is 59.7 Å². The number of carbonyl (C=O) groups excluding carboxylic acids is 3. The van der Waals surface area contributed by atoms with Crippen molar-refractivity contribution in [2.75, 3.05) is 13.7 Å². The average Bonchev–Trinajstić information content (AvgIpc) is 2.98. The molecule has 1 saturated heterocycles. The van der Waals surface area contributed by atoms with Gasteiger partial charge in [0.2, 0.25) is 5.91 Å². The van der Waals surface area contributed by atoms with E-state index < -0.39 is 11.6 Å². The van der Waals surface area contributed by atoms with E-state index in [1.165, 1.54) is 0 Å². The number of urea groups is 1. The number of methoxy groups -OCH3 is 1. The Hall–Kier alpha value is -3.55. The molecule has 0 bridgehead atoms. The van der Waals surface area contributed by atoms with E-state index in [-0.39, 0.29) is 24.8 Å². The van der Waals surface area contributed by atoms with Crippen LogP contribution in [0.5, 0.6) is 11.5 Å². The van der Waals surface area contributed by atoms with E-state index in [0.717, 1.165) is 16.0 Å². The minimum Gasteiger partial charge on any atom is -0.493 e. The van der Waals surface area contributed by atoms with E-state index in [1.54, 1.807) is 21.0 Å². The van der Waals surface area contributed by atoms with Crippen LogP contribution in [-0.4, -0.2) is 41.9 Å². The summed E-state index contributed by atoms with van der Waals surface area (Å²) in [5, 5.41) is 5.48. The molecule has 1 heterocycles. The highest BCUT2D eigenvalue weighted by Gasteiger charge is 2.43. The number of benzene rings is 2. The van der Waals surface area contributed by atoms with Crippen LogP contribution in [0.3, 0.4) is 0 Å². The normalized spacial score (nSPS) is 14.8. The number of carbonyl (C=O) groups is 3. The van der Waals surface area contributed by atoms with Crippen molar-refractivity contribution in [1.29, 1.82) is 0 Å². The van der Waals surface area contributed by atoms with Crippen LogP contribution in [0.2, 0.25) is 0 Å². The maximum atomic E-state index is 12.2. The topological polar surface area (TPSA) is 97.0 Å². The van der Waals surface area contributed by atoms with Crippen LogP contribution in [0, 0.1) is 0 Å². The predicted molar refractivity (Wildman–Crippen MR) is 119 cm³/mol. The molecule has 4 amide bonds. The first kappa shape index (κ1) is 23.1. The van der Waals surface area contributed by atoms with Crippen molar-refractivity contribution in [2.45, 2.75) is 45.4 Å². The van der Waals surface area contributed by atoms with Gasteiger partial charge in [-0.3, -0.25) is 14.5 Å². The largest absolute Gasteiger partial charge is 0.493 e. The summed E-state index contributed by atoms with van der Waals surface area (Å²) in [5.74, 6) is 0.793. The summed E-state index contributed by atoms with van der Waals surface area (Å²) in [7, 11) is 1.57. The van der Waals surface area contributed by atoms with Gasteiger partial charge < -0.3 is 20.1 Å². The number of imide groups is 1. The number of amides is 4. The molecule has 0 spiro atoms. The quantitative estimate of drug-likeness (QED) is 0.555. The molecule has 8 heteroatoms. The Morgan fingerprint density at radius 1 is 1.06 bits per heavy atom. The summed E-state index contributed by atoms with van der Waals surface area (Å²) in [6.45, 7) is 4.30. The third kappa shape index (κ3) is 5.78. The Bertz CT molecular complexity index is 975. The number of hydrogen-bond acceptors (Lipinski definition) is 5. The van der Waals surface area contributed by atoms with Crippen molar-refractivity contribution < 1.29 is 23.9 Å². The summed E-state index contributed by atoms with van der Waals surface area (Å²) >= 11 is 0. The summed E-state index contributed by atoms with van der Waals surface area (Å²) in [6.07, 6.45) is 0.615. The smallest absolute Gasteiger partial charge is 0.325 e. The Morgan fingerprint density at radius 2 is 1.81 bits per heavy atom. The highest BCUT2D eigenvalue weighted by molar-refractivity contribution is 6.06. The van der Waals surface area contributed by atoms with Crippen LogP contribution in [0.25, 0.3) is 0 Å². The Labute approximate surface area is 187 Å². The molecule has 0 unspecified atom stereocenters. The maximum absolute atomic E-state index is 12.2. The van der Waals surface area contributed by atoms with E-state index in [2.05, 4.69) is 10.6 Å². The SMILES string of the molecule is COc1cc(CNC(=O)CCCN2C(=O)NC(C)(C)C2=O)ccc1OCc1ccccc1. The average molecular weight is 440 g/mol. The number of nitrogens with one attached hydrogen (secondary N) is 2. The van der Waals surface area contributed by atoms with E-state index in [1.807, 2.05) is 48.5 Å². The molecule has 170 valence electrons. The van der Waals surface area contributed by atoms with Crippen LogP contribution >= 0.6 is 0 Å². The number of ether oxygens (including phenoxy) is 2. The van der Waals surface area contributed by atoms with Crippen molar-refractivity contribution in [3.8, 4) is 11.5 Å². The molecule has 8 nitrogen and oxygen atoms in total. The molecule has 2 N–H and O–H groups in total. The van der Waals surface area contributed by atoms with Gasteiger partial charge in [0.1, 0.15) is 12.1 Å². The van der Waals surface area contributed by atoms with Crippen molar-refractivity contribution in [1.82, 2.24) is 15.5 Å². The summed E-state index contributed by atoms with van der Waals surface area (Å²) in [5.41, 5.74) is 1.04. The molecule has 2 aromatic rings. The predicted octanol–water partition coefficient (Wildman–Crippen LogP) is 3.00. The maximum Gasteiger partial charge on any atom is 0.325 e. The lowest BCUT2D eigenvalue weighted by atomic mass is 10.1. The molecule has 0 radical (unpaired) electrons. The van der Waals surface area contributed by atoms with Gasteiger partial charge in [-0.25, -0.2) is 4.79 Å². The fourth-order valence-electron chi connectivity index (χ4n) is 3.38. The fraction of sp³-hybridized carbons (Fsp3) is 0.375. The van der Waals surface area contributed by atoms with Crippen LogP contribution < -0.4 is 20.1 Å². The molecule has 1 fully saturated rings. The van der Waals surface area contributed by atoms with E-state index in [0.29, 0.717) is 31.1 Å². The first-order chi connectivity index (χ1) is 15.3. The lowest BCUT2D eigenvalue weighted by Crippen LogP contribution is -2.40. The molecule has 1 aliphatic heterocycles. The molecule has 0 aromatic heterocycles. The molecule has 0 aliphatic carbocycles. The first-order valence-corrected chi connectivity index (χ1v) is 10.5. The zero-order valence-electron chi connectivity index (χ0n) is 18.6. The lowest BCUT2D eigenvalue weighted by Gasteiger charge is -2.15. The van der Waals surface area contributed by atoms with E-state index in [4.69, 9.17) is 9.47 Å². The fourth-order valence-corrected chi connectivity index (χ4v) is 3.38. The molecule has 2 aromatic carbocycles. The Kier molecular flexibility index (Phi) is 7.35. The van der Waals surface area contributed by atoms with Gasteiger partial charge in [-0.05, 0) is 43.5 Å². The number of rotatable bonds is 10. The highest BCUT2D eigenvalue weighted by Crippen LogP contribution is 2.29. The minimum atomic E-state index is -0.893. The highest BCUT2D eigenvalue weighted by atomic mass is 16.5. The second-order valence-corrected chi connectivity index (χ2v) is 8.15. The van der Waals surface area contributed by atoms with E-state index in [9.17, 15) is 14.4 Å². The molecule has 32 heavy (non-hydrogen) atoms. The third-order valence-corrected chi connectivity index (χ3v) is 5.18. The molecule has 0 atom stereocenters. The van der Waals surface area contributed by atoms with Gasteiger partial charge in [0.25, 0.3) is 5.91 Å². The Balaban J connectivity index is 1.45. The van der Waals surface area contributed by atoms with Crippen LogP contribution in [-0.2, 0) is 22.7 Å². The second-order valence-electron chi connectivity index (χ2n) is 8.15. The van der Waals surface area contributed by atoms with Gasteiger partial charge in [0, 0.05) is 19.5 Å². The zero-order valence-corrected chi connectivity index (χ0v) is 18.6. The van der Waals surface area contributed by atoms with Crippen LogP contribution in [0.4, 0.5) is 4.79 Å². The lowest BCUT2D eigenvalue weighted by molar-refractivity contribution is -0.130. The minimum absolute atomic E-state index is 0.153. The van der Waals surface area contributed by atoms with Gasteiger partial charge in [0.05, 0.1) is 7.11 Å². The van der Waals surface area contributed by atoms with Gasteiger partial charge in [0.15, 0.2) is 11.5 Å². The second kappa shape index (κ2) is 10.2. The molecular formula is C24H29N3O5. The monoisotopic (exact) mass is 439 g/mol. The standard InChI is InChI=1S/C24H29N3O5/c1-24(2)22(29)27(23(30)26-24)13-7-10-21(28)25-15-18-11-12-19(20(14-18)31-3)32-16-17-8-5-4-6-9-17/h4-6,8-9,11-12,14H,7,10,13,15-16H2,1-3H3,(H,25,28)(H,26,30). The van der Waals surface area contributed by atoms with Crippen molar-refractivity contribution in [3.63, 3.8) is 0 Å². The molecule has 0 saturated carbocycles. The van der Waals surface area contributed by atoms with Gasteiger partial charge in [-0.1, -0.05) is 36.4 Å². The third-order valence-electron chi connectivity index (χ3n) is 5.18. The molecule has 3 rings (SSSR count). The zero-order chi connectivity index (χ0) is 23.1. The molecular weight excluding hydrogens is 410 g/mol. The Morgan fingerprint density at radius 3 is 2.47 bits per heavy atom. The van der Waals surface area contributed by atoms with Gasteiger partial charge in [-0.15, -0.1) is 0 Å². The number of nitrogens with zero attached hydrogens (tertiary/aromatic N) is 1. The summed E-state index contributed by atoms with van der Waals surface area (Å²) in [4.78, 5) is 37.4. The summed E-state index contributed by atoms with van der Waals surface area (Å²) < 4.78 is 11.3. The van der Waals surface area contributed by atoms with E-state index >= 15 is 0 Å². The van der Waals surface area contributed by atoms with Crippen LogP contribution in [0.15, 0.2) is 48.5 Å². The first-order valence-electron chi connectivity index (χ1n) is 10.5. The van der Waals surface area contributed by atoms with Gasteiger partial charge >= 0.3 is 6.03 Å². The van der Waals surface area contributed by atoms with Crippen molar-refractivity contribution >= 4 is 17.8 Å². The summed E-state index contributed by atoms with van der Waals surface area (Å²) in [6, 6.07) is 15.0. The van der Waals surface area contributed by atoms with Gasteiger partial charge in [-0.2, -0.15) is 0 Å².